The van der Waals surface area contributed by atoms with Crippen molar-refractivity contribution in [3.8, 4) is 10.4 Å². The average molecular weight is 256 g/mol. The van der Waals surface area contributed by atoms with Crippen LogP contribution in [0.3, 0.4) is 0 Å². The molecule has 0 aliphatic carbocycles. The Labute approximate surface area is 87.5 Å². The van der Waals surface area contributed by atoms with Gasteiger partial charge in [-0.1, -0.05) is 41.9 Å². The molecule has 1 N–H and O–H groups in total. The van der Waals surface area contributed by atoms with Crippen molar-refractivity contribution in [1.29, 1.82) is 0 Å². The summed E-state index contributed by atoms with van der Waals surface area (Å²) in [6.45, 7) is 0. The van der Waals surface area contributed by atoms with Crippen molar-refractivity contribution in [2.75, 3.05) is 0 Å². The Morgan fingerprint density at radius 3 is 2.46 bits per heavy atom. The molecular weight excluding hydrogens is 250 g/mol. The van der Waals surface area contributed by atoms with Crippen LogP contribution in [0.25, 0.3) is 10.4 Å². The zero-order valence-corrected chi connectivity index (χ0v) is 8.98. The number of aromatic amines is 1. The van der Waals surface area contributed by atoms with E-state index < -0.39 is 0 Å². The SMILES string of the molecule is O=c1[nH]sc(-c2ccccc2)c1Br. The molecule has 13 heavy (non-hydrogen) atoms. The highest BCUT2D eigenvalue weighted by Gasteiger charge is 2.07. The molecule has 0 aliphatic rings. The van der Waals surface area contributed by atoms with E-state index >= 15 is 0 Å². The molecule has 0 fully saturated rings. The Bertz CT molecular complexity index is 460. The molecular formula is C9H6BrNOS. The topological polar surface area (TPSA) is 32.9 Å². The molecule has 0 radical (unpaired) electrons. The largest absolute Gasteiger partial charge is 0.276 e. The molecule has 0 amide bonds. The first-order valence-corrected chi connectivity index (χ1v) is 5.32. The molecule has 0 aliphatic heterocycles. The molecule has 2 aromatic rings. The number of aromatic nitrogens is 1. The van der Waals surface area contributed by atoms with Crippen molar-refractivity contribution < 1.29 is 0 Å². The molecule has 1 aromatic carbocycles. The van der Waals surface area contributed by atoms with Crippen LogP contribution >= 0.6 is 27.5 Å². The van der Waals surface area contributed by atoms with Crippen molar-refractivity contribution in [2.24, 2.45) is 0 Å². The average Bonchev–Trinajstić information content (AvgIpc) is 2.49. The number of halogens is 1. The predicted molar refractivity (Wildman–Crippen MR) is 58.1 cm³/mol. The van der Waals surface area contributed by atoms with Crippen molar-refractivity contribution in [3.05, 3.63) is 45.2 Å². The van der Waals surface area contributed by atoms with Crippen LogP contribution in [0.15, 0.2) is 39.6 Å². The normalized spacial score (nSPS) is 10.2. The van der Waals surface area contributed by atoms with Gasteiger partial charge in [0.25, 0.3) is 5.56 Å². The van der Waals surface area contributed by atoms with Gasteiger partial charge in [0.1, 0.15) is 4.47 Å². The monoisotopic (exact) mass is 255 g/mol. The molecule has 0 spiro atoms. The van der Waals surface area contributed by atoms with Gasteiger partial charge in [0.05, 0.1) is 4.88 Å². The number of H-pyrrole nitrogens is 1. The second-order valence-corrected chi connectivity index (χ2v) is 4.15. The van der Waals surface area contributed by atoms with E-state index in [2.05, 4.69) is 20.3 Å². The molecule has 0 saturated carbocycles. The lowest BCUT2D eigenvalue weighted by Gasteiger charge is -1.94. The Balaban J connectivity index is 2.60. The summed E-state index contributed by atoms with van der Waals surface area (Å²) in [5.41, 5.74) is 0.988. The van der Waals surface area contributed by atoms with Crippen molar-refractivity contribution in [1.82, 2.24) is 4.37 Å². The fraction of sp³-hybridized carbons (Fsp3) is 0. The highest BCUT2D eigenvalue weighted by molar-refractivity contribution is 9.10. The maximum atomic E-state index is 11.1. The lowest BCUT2D eigenvalue weighted by atomic mass is 10.2. The Morgan fingerprint density at radius 2 is 1.92 bits per heavy atom. The quantitative estimate of drug-likeness (QED) is 0.836. The first kappa shape index (κ1) is 8.72. The van der Waals surface area contributed by atoms with Gasteiger partial charge in [-0.05, 0) is 21.5 Å². The van der Waals surface area contributed by atoms with E-state index in [0.29, 0.717) is 4.47 Å². The zero-order valence-electron chi connectivity index (χ0n) is 6.58. The van der Waals surface area contributed by atoms with Crippen LogP contribution in [-0.2, 0) is 0 Å². The molecule has 0 saturated heterocycles. The molecule has 66 valence electrons. The van der Waals surface area contributed by atoms with Gasteiger partial charge >= 0.3 is 0 Å². The summed E-state index contributed by atoms with van der Waals surface area (Å²) in [7, 11) is 0. The number of hydrogen-bond donors (Lipinski definition) is 1. The van der Waals surface area contributed by atoms with Crippen LogP contribution in [0.5, 0.6) is 0 Å². The van der Waals surface area contributed by atoms with Crippen LogP contribution in [0.4, 0.5) is 0 Å². The Hall–Kier alpha value is -0.870. The van der Waals surface area contributed by atoms with E-state index in [1.807, 2.05) is 30.3 Å². The Kier molecular flexibility index (Phi) is 2.33. The van der Waals surface area contributed by atoms with Crippen molar-refractivity contribution in [2.45, 2.75) is 0 Å². The van der Waals surface area contributed by atoms with Gasteiger partial charge in [-0.25, -0.2) is 0 Å². The minimum atomic E-state index is -0.0659. The number of hydrogen-bond acceptors (Lipinski definition) is 2. The fourth-order valence-electron chi connectivity index (χ4n) is 1.07. The summed E-state index contributed by atoms with van der Waals surface area (Å²) in [6.07, 6.45) is 0. The minimum absolute atomic E-state index is 0.0659. The molecule has 0 atom stereocenters. The summed E-state index contributed by atoms with van der Waals surface area (Å²) in [5, 5.41) is 0. The highest BCUT2D eigenvalue weighted by Crippen LogP contribution is 2.28. The summed E-state index contributed by atoms with van der Waals surface area (Å²) in [5.74, 6) is 0. The summed E-state index contributed by atoms with van der Waals surface area (Å²) in [6, 6.07) is 9.80. The summed E-state index contributed by atoms with van der Waals surface area (Å²) >= 11 is 4.60. The van der Waals surface area contributed by atoms with Gasteiger partial charge in [-0.15, -0.1) is 0 Å². The molecule has 1 heterocycles. The third kappa shape index (κ3) is 1.59. The maximum Gasteiger partial charge on any atom is 0.272 e. The third-order valence-electron chi connectivity index (χ3n) is 1.68. The van der Waals surface area contributed by atoms with Crippen LogP contribution in [0, 0.1) is 0 Å². The highest BCUT2D eigenvalue weighted by atomic mass is 79.9. The first-order valence-electron chi connectivity index (χ1n) is 3.71. The summed E-state index contributed by atoms with van der Waals surface area (Å²) < 4.78 is 3.29. The number of benzene rings is 1. The van der Waals surface area contributed by atoms with E-state index in [0.717, 1.165) is 10.4 Å². The third-order valence-corrected chi connectivity index (χ3v) is 3.63. The van der Waals surface area contributed by atoms with Crippen molar-refractivity contribution in [3.63, 3.8) is 0 Å². The molecule has 0 unspecified atom stereocenters. The second kappa shape index (κ2) is 3.47. The maximum absolute atomic E-state index is 11.1. The van der Waals surface area contributed by atoms with Crippen LogP contribution in [0.2, 0.25) is 0 Å². The Morgan fingerprint density at radius 1 is 1.23 bits per heavy atom. The standard InChI is InChI=1S/C9H6BrNOS/c10-7-8(13-11-9(7)12)6-4-2-1-3-5-6/h1-5H,(H,11,12). The van der Waals surface area contributed by atoms with E-state index in [4.69, 9.17) is 0 Å². The number of rotatable bonds is 1. The fourth-order valence-corrected chi connectivity index (χ4v) is 2.50. The summed E-state index contributed by atoms with van der Waals surface area (Å²) in [4.78, 5) is 12.1. The van der Waals surface area contributed by atoms with Crippen LogP contribution in [0.1, 0.15) is 0 Å². The van der Waals surface area contributed by atoms with E-state index in [1.165, 1.54) is 11.5 Å². The van der Waals surface area contributed by atoms with Gasteiger partial charge in [0.2, 0.25) is 0 Å². The van der Waals surface area contributed by atoms with Crippen molar-refractivity contribution >= 4 is 27.5 Å². The van der Waals surface area contributed by atoms with Gasteiger partial charge in [0, 0.05) is 0 Å². The van der Waals surface area contributed by atoms with Gasteiger partial charge < -0.3 is 0 Å². The van der Waals surface area contributed by atoms with Gasteiger partial charge in [0.15, 0.2) is 0 Å². The van der Waals surface area contributed by atoms with Crippen LogP contribution < -0.4 is 5.56 Å². The second-order valence-electron chi connectivity index (χ2n) is 2.54. The first-order chi connectivity index (χ1) is 6.29. The van der Waals surface area contributed by atoms with Gasteiger partial charge in [-0.3, -0.25) is 9.17 Å². The van der Waals surface area contributed by atoms with E-state index in [-0.39, 0.29) is 5.56 Å². The molecule has 2 rings (SSSR count). The van der Waals surface area contributed by atoms with E-state index in [1.54, 1.807) is 0 Å². The molecule has 0 bridgehead atoms. The lowest BCUT2D eigenvalue weighted by molar-refractivity contribution is 1.40. The number of nitrogens with one attached hydrogen (secondary N) is 1. The minimum Gasteiger partial charge on any atom is -0.276 e. The van der Waals surface area contributed by atoms with E-state index in [9.17, 15) is 4.79 Å². The molecule has 1 aromatic heterocycles. The smallest absolute Gasteiger partial charge is 0.272 e. The molecule has 2 nitrogen and oxygen atoms in total. The molecule has 4 heteroatoms. The van der Waals surface area contributed by atoms with Crippen LogP contribution in [-0.4, -0.2) is 4.37 Å². The van der Waals surface area contributed by atoms with Gasteiger partial charge in [-0.2, -0.15) is 0 Å². The zero-order chi connectivity index (χ0) is 9.26. The lowest BCUT2D eigenvalue weighted by Crippen LogP contribution is -1.96. The predicted octanol–water partition coefficient (Wildman–Crippen LogP) is 2.87.